The van der Waals surface area contributed by atoms with Crippen LogP contribution in [0.5, 0.6) is 0 Å². The van der Waals surface area contributed by atoms with Crippen LogP contribution in [-0.4, -0.2) is 24.0 Å². The molecule has 19 heavy (non-hydrogen) atoms. The number of rotatable bonds is 3. The second kappa shape index (κ2) is 5.82. The SMILES string of the molecule is CC(N)C(c1ccccc1Cl)N1CCCC(C)(C)C1. The molecular formula is C16H25ClN2. The maximum Gasteiger partial charge on any atom is 0.0511 e. The maximum absolute atomic E-state index is 6.37. The van der Waals surface area contributed by atoms with E-state index < -0.39 is 0 Å². The lowest BCUT2D eigenvalue weighted by molar-refractivity contribution is 0.0689. The topological polar surface area (TPSA) is 29.3 Å². The molecule has 0 saturated carbocycles. The first kappa shape index (κ1) is 14.8. The molecule has 0 bridgehead atoms. The summed E-state index contributed by atoms with van der Waals surface area (Å²) in [5.41, 5.74) is 7.79. The summed E-state index contributed by atoms with van der Waals surface area (Å²) in [5.74, 6) is 0. The molecule has 1 saturated heterocycles. The van der Waals surface area contributed by atoms with Gasteiger partial charge in [-0.1, -0.05) is 43.6 Å². The van der Waals surface area contributed by atoms with Crippen LogP contribution < -0.4 is 5.73 Å². The summed E-state index contributed by atoms with van der Waals surface area (Å²) in [6.45, 7) is 8.95. The molecule has 2 rings (SSSR count). The Morgan fingerprint density at radius 1 is 1.32 bits per heavy atom. The monoisotopic (exact) mass is 280 g/mol. The quantitative estimate of drug-likeness (QED) is 0.911. The average molecular weight is 281 g/mol. The van der Waals surface area contributed by atoms with Crippen LogP contribution in [-0.2, 0) is 0 Å². The zero-order valence-electron chi connectivity index (χ0n) is 12.2. The molecule has 3 heteroatoms. The van der Waals surface area contributed by atoms with Crippen molar-refractivity contribution in [3.05, 3.63) is 34.9 Å². The zero-order valence-corrected chi connectivity index (χ0v) is 13.0. The fourth-order valence-corrected chi connectivity index (χ4v) is 3.48. The van der Waals surface area contributed by atoms with Crippen molar-refractivity contribution in [1.29, 1.82) is 0 Å². The van der Waals surface area contributed by atoms with Crippen molar-refractivity contribution in [2.24, 2.45) is 11.1 Å². The van der Waals surface area contributed by atoms with Gasteiger partial charge >= 0.3 is 0 Å². The fourth-order valence-electron chi connectivity index (χ4n) is 3.23. The Balaban J connectivity index is 2.28. The highest BCUT2D eigenvalue weighted by Crippen LogP contribution is 2.36. The molecule has 106 valence electrons. The van der Waals surface area contributed by atoms with E-state index in [9.17, 15) is 0 Å². The van der Waals surface area contributed by atoms with Gasteiger partial charge in [0, 0.05) is 17.6 Å². The van der Waals surface area contributed by atoms with E-state index >= 15 is 0 Å². The Bertz CT molecular complexity index is 429. The van der Waals surface area contributed by atoms with Gasteiger partial charge in [-0.05, 0) is 43.4 Å². The van der Waals surface area contributed by atoms with Crippen molar-refractivity contribution >= 4 is 11.6 Å². The van der Waals surface area contributed by atoms with Crippen LogP contribution in [0.25, 0.3) is 0 Å². The average Bonchev–Trinajstić information content (AvgIpc) is 2.30. The summed E-state index contributed by atoms with van der Waals surface area (Å²) in [4.78, 5) is 2.51. The predicted molar refractivity (Wildman–Crippen MR) is 82.4 cm³/mol. The van der Waals surface area contributed by atoms with Crippen LogP contribution >= 0.6 is 11.6 Å². The van der Waals surface area contributed by atoms with Crippen LogP contribution in [0.15, 0.2) is 24.3 Å². The molecule has 1 fully saturated rings. The summed E-state index contributed by atoms with van der Waals surface area (Å²) >= 11 is 6.37. The Kier molecular flexibility index (Phi) is 4.54. The van der Waals surface area contributed by atoms with E-state index in [0.29, 0.717) is 5.41 Å². The molecule has 1 aliphatic heterocycles. The minimum absolute atomic E-state index is 0.0776. The van der Waals surface area contributed by atoms with Crippen molar-refractivity contribution < 1.29 is 0 Å². The van der Waals surface area contributed by atoms with Gasteiger partial charge in [-0.2, -0.15) is 0 Å². The number of piperidine rings is 1. The molecule has 0 aliphatic carbocycles. The van der Waals surface area contributed by atoms with Gasteiger partial charge in [0.25, 0.3) is 0 Å². The summed E-state index contributed by atoms with van der Waals surface area (Å²) < 4.78 is 0. The number of likely N-dealkylation sites (tertiary alicyclic amines) is 1. The lowest BCUT2D eigenvalue weighted by atomic mass is 9.82. The molecule has 2 N–H and O–H groups in total. The van der Waals surface area contributed by atoms with E-state index in [0.717, 1.165) is 23.7 Å². The number of nitrogens with two attached hydrogens (primary N) is 1. The molecular weight excluding hydrogens is 256 g/mol. The van der Waals surface area contributed by atoms with Gasteiger partial charge in [-0.15, -0.1) is 0 Å². The van der Waals surface area contributed by atoms with Crippen LogP contribution in [0.2, 0.25) is 5.02 Å². The molecule has 0 spiro atoms. The highest BCUT2D eigenvalue weighted by atomic mass is 35.5. The smallest absolute Gasteiger partial charge is 0.0511 e. The van der Waals surface area contributed by atoms with E-state index in [1.54, 1.807) is 0 Å². The maximum atomic E-state index is 6.37. The Morgan fingerprint density at radius 2 is 2.00 bits per heavy atom. The normalized spacial score (nSPS) is 23.0. The van der Waals surface area contributed by atoms with Gasteiger partial charge in [-0.3, -0.25) is 4.90 Å². The minimum Gasteiger partial charge on any atom is -0.326 e. The third kappa shape index (κ3) is 3.50. The zero-order chi connectivity index (χ0) is 14.0. The Labute approximate surface area is 121 Å². The molecule has 1 aromatic rings. The molecule has 0 amide bonds. The standard InChI is InChI=1S/C16H25ClN2/c1-12(18)15(13-7-4-5-8-14(13)17)19-10-6-9-16(2,3)11-19/h4-5,7-8,12,15H,6,9-11,18H2,1-3H3. The number of benzene rings is 1. The van der Waals surface area contributed by atoms with Crippen molar-refractivity contribution in [1.82, 2.24) is 4.90 Å². The molecule has 0 aromatic heterocycles. The van der Waals surface area contributed by atoms with Gasteiger partial charge in [-0.25, -0.2) is 0 Å². The first-order valence-corrected chi connectivity index (χ1v) is 7.52. The van der Waals surface area contributed by atoms with E-state index in [2.05, 4.69) is 31.7 Å². The van der Waals surface area contributed by atoms with E-state index in [4.69, 9.17) is 17.3 Å². The number of halogens is 1. The Hall–Kier alpha value is -0.570. The van der Waals surface area contributed by atoms with Crippen molar-refractivity contribution in [2.45, 2.75) is 45.7 Å². The van der Waals surface area contributed by atoms with Crippen molar-refractivity contribution in [3.8, 4) is 0 Å². The van der Waals surface area contributed by atoms with Gasteiger partial charge in [0.05, 0.1) is 6.04 Å². The van der Waals surface area contributed by atoms with Crippen LogP contribution in [0.3, 0.4) is 0 Å². The highest BCUT2D eigenvalue weighted by molar-refractivity contribution is 6.31. The van der Waals surface area contributed by atoms with Gasteiger partial charge in [0.1, 0.15) is 0 Å². The second-order valence-electron chi connectivity index (χ2n) is 6.56. The lowest BCUT2D eigenvalue weighted by Crippen LogP contribution is -2.47. The van der Waals surface area contributed by atoms with Gasteiger partial charge < -0.3 is 5.73 Å². The molecule has 2 nitrogen and oxygen atoms in total. The van der Waals surface area contributed by atoms with Gasteiger partial charge in [0.2, 0.25) is 0 Å². The number of hydrogen-bond acceptors (Lipinski definition) is 2. The molecule has 1 heterocycles. The minimum atomic E-state index is 0.0776. The second-order valence-corrected chi connectivity index (χ2v) is 6.97. The third-order valence-electron chi connectivity index (χ3n) is 4.05. The van der Waals surface area contributed by atoms with E-state index in [1.165, 1.54) is 12.8 Å². The van der Waals surface area contributed by atoms with Crippen molar-refractivity contribution in [2.75, 3.05) is 13.1 Å². The Morgan fingerprint density at radius 3 is 2.58 bits per heavy atom. The highest BCUT2D eigenvalue weighted by Gasteiger charge is 2.33. The van der Waals surface area contributed by atoms with Crippen LogP contribution in [0.1, 0.15) is 45.2 Å². The van der Waals surface area contributed by atoms with E-state index in [1.807, 2.05) is 18.2 Å². The predicted octanol–water partition coefficient (Wildman–Crippen LogP) is 3.85. The van der Waals surface area contributed by atoms with Crippen LogP contribution in [0.4, 0.5) is 0 Å². The van der Waals surface area contributed by atoms with Crippen LogP contribution in [0, 0.1) is 5.41 Å². The molecule has 2 unspecified atom stereocenters. The summed E-state index contributed by atoms with van der Waals surface area (Å²) in [6.07, 6.45) is 2.53. The molecule has 0 radical (unpaired) electrons. The summed E-state index contributed by atoms with van der Waals surface area (Å²) in [5, 5.41) is 0.827. The summed E-state index contributed by atoms with van der Waals surface area (Å²) in [6, 6.07) is 8.39. The van der Waals surface area contributed by atoms with Crippen molar-refractivity contribution in [3.63, 3.8) is 0 Å². The molecule has 1 aliphatic rings. The fraction of sp³-hybridized carbons (Fsp3) is 0.625. The molecule has 2 atom stereocenters. The lowest BCUT2D eigenvalue weighted by Gasteiger charge is -2.44. The summed E-state index contributed by atoms with van der Waals surface area (Å²) in [7, 11) is 0. The first-order chi connectivity index (χ1) is 8.91. The van der Waals surface area contributed by atoms with E-state index in [-0.39, 0.29) is 12.1 Å². The number of hydrogen-bond donors (Lipinski definition) is 1. The molecule has 1 aromatic carbocycles. The third-order valence-corrected chi connectivity index (χ3v) is 4.39. The van der Waals surface area contributed by atoms with Gasteiger partial charge in [0.15, 0.2) is 0 Å². The number of nitrogens with zero attached hydrogens (tertiary/aromatic N) is 1. The first-order valence-electron chi connectivity index (χ1n) is 7.15. The largest absolute Gasteiger partial charge is 0.326 e.